The summed E-state index contributed by atoms with van der Waals surface area (Å²) in [6, 6.07) is 2.96. The van der Waals surface area contributed by atoms with Crippen LogP contribution in [0, 0.1) is 6.92 Å². The van der Waals surface area contributed by atoms with Crippen LogP contribution in [0.25, 0.3) is 0 Å². The van der Waals surface area contributed by atoms with E-state index in [1.807, 2.05) is 0 Å². The largest absolute Gasteiger partial charge is 0.496 e. The molecule has 0 aliphatic heterocycles. The summed E-state index contributed by atoms with van der Waals surface area (Å²) in [5.74, 6) is -1.26. The zero-order valence-electron chi connectivity index (χ0n) is 9.23. The lowest BCUT2D eigenvalue weighted by Gasteiger charge is -2.11. The number of rotatable bonds is 3. The molecular formula is C11H12O5. The van der Waals surface area contributed by atoms with Crippen LogP contribution in [-0.4, -0.2) is 24.2 Å². The molecule has 0 heterocycles. The Balaban J connectivity index is 3.34. The van der Waals surface area contributed by atoms with Crippen molar-refractivity contribution in [1.82, 2.24) is 0 Å². The molecule has 0 bridgehead atoms. The van der Waals surface area contributed by atoms with Crippen LogP contribution in [0.5, 0.6) is 11.5 Å². The zero-order valence-corrected chi connectivity index (χ0v) is 9.23. The van der Waals surface area contributed by atoms with Gasteiger partial charge >= 0.3 is 11.9 Å². The van der Waals surface area contributed by atoms with Gasteiger partial charge in [-0.3, -0.25) is 4.79 Å². The van der Waals surface area contributed by atoms with Crippen molar-refractivity contribution in [3.63, 3.8) is 0 Å². The molecule has 0 saturated carbocycles. The minimum atomic E-state index is -1.16. The van der Waals surface area contributed by atoms with Gasteiger partial charge in [-0.1, -0.05) is 0 Å². The van der Waals surface area contributed by atoms with Gasteiger partial charge in [-0.2, -0.15) is 0 Å². The van der Waals surface area contributed by atoms with Gasteiger partial charge in [-0.15, -0.1) is 0 Å². The summed E-state index contributed by atoms with van der Waals surface area (Å²) in [6.07, 6.45) is 0. The van der Waals surface area contributed by atoms with Gasteiger partial charge in [0.2, 0.25) is 0 Å². The molecule has 1 N–H and O–H groups in total. The van der Waals surface area contributed by atoms with Gasteiger partial charge in [-0.05, 0) is 19.1 Å². The summed E-state index contributed by atoms with van der Waals surface area (Å²) in [5, 5.41) is 9.03. The van der Waals surface area contributed by atoms with E-state index in [-0.39, 0.29) is 11.3 Å². The number of carbonyl (C=O) groups is 2. The molecule has 0 unspecified atom stereocenters. The molecule has 0 fully saturated rings. The molecule has 86 valence electrons. The Bertz CT molecular complexity index is 436. The molecular weight excluding hydrogens is 212 g/mol. The average molecular weight is 224 g/mol. The summed E-state index contributed by atoms with van der Waals surface area (Å²) in [6.45, 7) is 2.81. The molecule has 0 spiro atoms. The van der Waals surface area contributed by atoms with E-state index in [1.54, 1.807) is 13.0 Å². The summed E-state index contributed by atoms with van der Waals surface area (Å²) in [7, 11) is 1.44. The maximum atomic E-state index is 11.0. The lowest BCUT2D eigenvalue weighted by Crippen LogP contribution is -2.09. The van der Waals surface area contributed by atoms with E-state index in [1.165, 1.54) is 20.1 Å². The van der Waals surface area contributed by atoms with Crippen LogP contribution in [-0.2, 0) is 4.79 Å². The van der Waals surface area contributed by atoms with E-state index in [2.05, 4.69) is 0 Å². The van der Waals surface area contributed by atoms with Crippen LogP contribution in [0.1, 0.15) is 22.8 Å². The van der Waals surface area contributed by atoms with E-state index in [0.29, 0.717) is 11.3 Å². The number of benzene rings is 1. The average Bonchev–Trinajstić information content (AvgIpc) is 2.16. The third-order valence-corrected chi connectivity index (χ3v) is 2.06. The van der Waals surface area contributed by atoms with Crippen molar-refractivity contribution < 1.29 is 24.2 Å². The molecule has 0 atom stereocenters. The molecule has 1 aromatic carbocycles. The van der Waals surface area contributed by atoms with Crippen molar-refractivity contribution in [3.05, 3.63) is 23.3 Å². The van der Waals surface area contributed by atoms with Crippen molar-refractivity contribution in [2.45, 2.75) is 13.8 Å². The van der Waals surface area contributed by atoms with E-state index in [0.717, 1.165) is 0 Å². The van der Waals surface area contributed by atoms with Gasteiger partial charge in [0.15, 0.2) is 0 Å². The fourth-order valence-corrected chi connectivity index (χ4v) is 1.39. The highest BCUT2D eigenvalue weighted by atomic mass is 16.5. The molecule has 0 saturated heterocycles. The molecule has 0 amide bonds. The smallest absolute Gasteiger partial charge is 0.339 e. The predicted octanol–water partition coefficient (Wildman–Crippen LogP) is 1.63. The molecule has 0 aliphatic carbocycles. The number of carboxylic acids is 1. The van der Waals surface area contributed by atoms with Crippen molar-refractivity contribution in [1.29, 1.82) is 0 Å². The first-order chi connectivity index (χ1) is 7.47. The highest BCUT2D eigenvalue weighted by molar-refractivity contribution is 5.94. The van der Waals surface area contributed by atoms with Crippen LogP contribution < -0.4 is 9.47 Å². The number of esters is 1. The second-order valence-electron chi connectivity index (χ2n) is 3.16. The van der Waals surface area contributed by atoms with Crippen LogP contribution in [0.4, 0.5) is 0 Å². The summed E-state index contributed by atoms with van der Waals surface area (Å²) >= 11 is 0. The van der Waals surface area contributed by atoms with Gasteiger partial charge in [0, 0.05) is 12.5 Å². The predicted molar refractivity (Wildman–Crippen MR) is 56.0 cm³/mol. The Labute approximate surface area is 92.6 Å². The second-order valence-corrected chi connectivity index (χ2v) is 3.16. The summed E-state index contributed by atoms with van der Waals surface area (Å²) in [5.41, 5.74) is 0.364. The highest BCUT2D eigenvalue weighted by Gasteiger charge is 2.18. The topological polar surface area (TPSA) is 72.8 Å². The van der Waals surface area contributed by atoms with Gasteiger partial charge in [0.05, 0.1) is 7.11 Å². The molecule has 1 rings (SSSR count). The number of ether oxygens (including phenoxy) is 2. The number of methoxy groups -OCH3 is 1. The number of carboxylic acid groups (broad SMARTS) is 1. The molecule has 5 heteroatoms. The third-order valence-electron chi connectivity index (χ3n) is 2.06. The number of hydrogen-bond acceptors (Lipinski definition) is 4. The maximum Gasteiger partial charge on any atom is 0.339 e. The Morgan fingerprint density at radius 1 is 1.25 bits per heavy atom. The van der Waals surface area contributed by atoms with Crippen LogP contribution in [0.2, 0.25) is 0 Å². The van der Waals surface area contributed by atoms with Gasteiger partial charge in [-0.25, -0.2) is 4.79 Å². The Morgan fingerprint density at radius 3 is 2.25 bits per heavy atom. The van der Waals surface area contributed by atoms with E-state index in [9.17, 15) is 9.59 Å². The standard InChI is InChI=1S/C11H12O5/c1-6-8(15-3)4-5-9(16-7(2)12)10(6)11(13)14/h4-5H,1-3H3,(H,13,14). The van der Waals surface area contributed by atoms with Crippen molar-refractivity contribution >= 4 is 11.9 Å². The molecule has 0 aromatic heterocycles. The second kappa shape index (κ2) is 4.65. The number of carbonyl (C=O) groups excluding carboxylic acids is 1. The molecule has 1 aromatic rings. The van der Waals surface area contributed by atoms with Gasteiger partial charge < -0.3 is 14.6 Å². The van der Waals surface area contributed by atoms with Gasteiger partial charge in [0.1, 0.15) is 17.1 Å². The normalized spacial score (nSPS) is 9.69. The lowest BCUT2D eigenvalue weighted by molar-refractivity contribution is -0.131. The van der Waals surface area contributed by atoms with E-state index >= 15 is 0 Å². The SMILES string of the molecule is COc1ccc(OC(C)=O)c(C(=O)O)c1C. The quantitative estimate of drug-likeness (QED) is 0.624. The van der Waals surface area contributed by atoms with Crippen LogP contribution in [0.15, 0.2) is 12.1 Å². The lowest BCUT2D eigenvalue weighted by atomic mass is 10.1. The number of aromatic carboxylic acids is 1. The minimum absolute atomic E-state index is 0.0262. The zero-order chi connectivity index (χ0) is 12.3. The fraction of sp³-hybridized carbons (Fsp3) is 0.273. The van der Waals surface area contributed by atoms with Crippen molar-refractivity contribution in [2.75, 3.05) is 7.11 Å². The van der Waals surface area contributed by atoms with Crippen molar-refractivity contribution in [3.8, 4) is 11.5 Å². The Kier molecular flexibility index (Phi) is 3.50. The molecule has 5 nitrogen and oxygen atoms in total. The van der Waals surface area contributed by atoms with Crippen LogP contribution >= 0.6 is 0 Å². The molecule has 0 aliphatic rings. The highest BCUT2D eigenvalue weighted by Crippen LogP contribution is 2.29. The molecule has 0 radical (unpaired) electrons. The van der Waals surface area contributed by atoms with E-state index in [4.69, 9.17) is 14.6 Å². The maximum absolute atomic E-state index is 11.0. The summed E-state index contributed by atoms with van der Waals surface area (Å²) in [4.78, 5) is 21.9. The summed E-state index contributed by atoms with van der Waals surface area (Å²) < 4.78 is 9.80. The first-order valence-electron chi connectivity index (χ1n) is 4.56. The van der Waals surface area contributed by atoms with Gasteiger partial charge in [0.25, 0.3) is 0 Å². The monoisotopic (exact) mass is 224 g/mol. The number of hydrogen-bond donors (Lipinski definition) is 1. The Morgan fingerprint density at radius 2 is 1.81 bits per heavy atom. The first kappa shape index (κ1) is 12.0. The minimum Gasteiger partial charge on any atom is -0.496 e. The van der Waals surface area contributed by atoms with Crippen LogP contribution in [0.3, 0.4) is 0 Å². The first-order valence-corrected chi connectivity index (χ1v) is 4.56. The molecule has 16 heavy (non-hydrogen) atoms. The van der Waals surface area contributed by atoms with E-state index < -0.39 is 11.9 Å². The third kappa shape index (κ3) is 2.31. The van der Waals surface area contributed by atoms with Crippen molar-refractivity contribution in [2.24, 2.45) is 0 Å². The Hall–Kier alpha value is -2.04. The fourth-order valence-electron chi connectivity index (χ4n) is 1.39.